The highest BCUT2D eigenvalue weighted by molar-refractivity contribution is 5.80. The summed E-state index contributed by atoms with van der Waals surface area (Å²) in [6.45, 7) is 4.70. The van der Waals surface area contributed by atoms with Crippen molar-refractivity contribution in [3.63, 3.8) is 0 Å². The first-order valence-electron chi connectivity index (χ1n) is 7.85. The molecule has 1 aliphatic heterocycles. The number of aromatic nitrogens is 4. The van der Waals surface area contributed by atoms with Gasteiger partial charge < -0.3 is 10.6 Å². The van der Waals surface area contributed by atoms with Crippen LogP contribution in [0, 0.1) is 13.8 Å². The second-order valence-electron chi connectivity index (χ2n) is 6.08. The molecule has 1 amide bonds. The number of anilines is 1. The number of nitrogen functional groups attached to an aromatic ring is 1. The molecule has 0 radical (unpaired) electrons. The summed E-state index contributed by atoms with van der Waals surface area (Å²) < 4.78 is 1.82. The number of likely N-dealkylation sites (tertiary alicyclic amines) is 1. The van der Waals surface area contributed by atoms with E-state index in [1.54, 1.807) is 6.07 Å². The van der Waals surface area contributed by atoms with Gasteiger partial charge in [0, 0.05) is 24.8 Å². The van der Waals surface area contributed by atoms with Crippen molar-refractivity contribution in [2.24, 2.45) is 7.05 Å². The SMILES string of the molecule is Cc1nn(C)c(C)c1CC(=O)N1CCCC1c1ccc(N)nn1. The lowest BCUT2D eigenvalue weighted by Gasteiger charge is -2.24. The molecule has 2 aromatic rings. The lowest BCUT2D eigenvalue weighted by molar-refractivity contribution is -0.131. The molecule has 3 rings (SSSR count). The Kier molecular flexibility index (Phi) is 4.02. The maximum Gasteiger partial charge on any atom is 0.227 e. The molecule has 1 aliphatic rings. The lowest BCUT2D eigenvalue weighted by atomic mass is 10.1. The molecular weight excluding hydrogens is 292 g/mol. The monoisotopic (exact) mass is 314 g/mol. The quantitative estimate of drug-likeness (QED) is 0.922. The summed E-state index contributed by atoms with van der Waals surface area (Å²) in [5.74, 6) is 0.511. The van der Waals surface area contributed by atoms with Crippen molar-refractivity contribution in [2.45, 2.75) is 39.2 Å². The molecule has 0 aromatic carbocycles. The van der Waals surface area contributed by atoms with Gasteiger partial charge in [0.05, 0.1) is 23.9 Å². The van der Waals surface area contributed by atoms with Crippen molar-refractivity contribution in [1.29, 1.82) is 0 Å². The van der Waals surface area contributed by atoms with E-state index in [1.165, 1.54) is 0 Å². The third-order valence-corrected chi connectivity index (χ3v) is 4.61. The van der Waals surface area contributed by atoms with E-state index in [1.807, 2.05) is 36.5 Å². The number of carbonyl (C=O) groups excluding carboxylic acids is 1. The maximum absolute atomic E-state index is 12.8. The van der Waals surface area contributed by atoms with E-state index in [2.05, 4.69) is 15.3 Å². The minimum atomic E-state index is -0.00659. The van der Waals surface area contributed by atoms with Gasteiger partial charge in [0.1, 0.15) is 5.82 Å². The molecular formula is C16H22N6O. The molecule has 1 saturated heterocycles. The van der Waals surface area contributed by atoms with Crippen molar-refractivity contribution >= 4 is 11.7 Å². The van der Waals surface area contributed by atoms with Crippen LogP contribution in [0.5, 0.6) is 0 Å². The number of rotatable bonds is 3. The largest absolute Gasteiger partial charge is 0.382 e. The Hall–Kier alpha value is -2.44. The first-order chi connectivity index (χ1) is 11.0. The van der Waals surface area contributed by atoms with Crippen LogP contribution in [0.4, 0.5) is 5.82 Å². The molecule has 0 spiro atoms. The second-order valence-corrected chi connectivity index (χ2v) is 6.08. The minimum absolute atomic E-state index is 0.00659. The van der Waals surface area contributed by atoms with Crippen molar-refractivity contribution in [2.75, 3.05) is 12.3 Å². The Morgan fingerprint density at radius 2 is 2.13 bits per heavy atom. The molecule has 122 valence electrons. The molecule has 1 unspecified atom stereocenters. The fraction of sp³-hybridized carbons (Fsp3) is 0.500. The Labute approximate surface area is 135 Å². The predicted molar refractivity (Wildman–Crippen MR) is 86.5 cm³/mol. The van der Waals surface area contributed by atoms with Crippen LogP contribution < -0.4 is 5.73 Å². The highest BCUT2D eigenvalue weighted by Gasteiger charge is 2.31. The molecule has 0 saturated carbocycles. The summed E-state index contributed by atoms with van der Waals surface area (Å²) >= 11 is 0. The van der Waals surface area contributed by atoms with Crippen molar-refractivity contribution in [1.82, 2.24) is 24.9 Å². The highest BCUT2D eigenvalue weighted by Crippen LogP contribution is 2.31. The molecule has 3 heterocycles. The average Bonchev–Trinajstić information content (AvgIpc) is 3.09. The van der Waals surface area contributed by atoms with Crippen LogP contribution in [-0.2, 0) is 18.3 Å². The van der Waals surface area contributed by atoms with Gasteiger partial charge >= 0.3 is 0 Å². The summed E-state index contributed by atoms with van der Waals surface area (Å²) in [4.78, 5) is 14.7. The molecule has 7 nitrogen and oxygen atoms in total. The van der Waals surface area contributed by atoms with Gasteiger partial charge in [-0.05, 0) is 38.8 Å². The van der Waals surface area contributed by atoms with Crippen LogP contribution in [-0.4, -0.2) is 37.3 Å². The summed E-state index contributed by atoms with van der Waals surface area (Å²) in [5, 5.41) is 12.5. The third-order valence-electron chi connectivity index (χ3n) is 4.61. The zero-order valence-electron chi connectivity index (χ0n) is 13.8. The second kappa shape index (κ2) is 5.98. The normalized spacial score (nSPS) is 17.7. The summed E-state index contributed by atoms with van der Waals surface area (Å²) in [7, 11) is 1.90. The molecule has 2 N–H and O–H groups in total. The number of carbonyl (C=O) groups is 1. The van der Waals surface area contributed by atoms with E-state index >= 15 is 0 Å². The van der Waals surface area contributed by atoms with Gasteiger partial charge in [-0.2, -0.15) is 10.2 Å². The van der Waals surface area contributed by atoms with Gasteiger partial charge in [0.25, 0.3) is 0 Å². The topological polar surface area (TPSA) is 89.9 Å². The van der Waals surface area contributed by atoms with E-state index in [-0.39, 0.29) is 11.9 Å². The lowest BCUT2D eigenvalue weighted by Crippen LogP contribution is -2.32. The average molecular weight is 314 g/mol. The number of nitrogens with two attached hydrogens (primary N) is 1. The fourth-order valence-corrected chi connectivity index (χ4v) is 3.23. The maximum atomic E-state index is 12.8. The first kappa shape index (κ1) is 15.5. The zero-order chi connectivity index (χ0) is 16.6. The van der Waals surface area contributed by atoms with Gasteiger partial charge in [-0.3, -0.25) is 9.48 Å². The third kappa shape index (κ3) is 2.91. The summed E-state index contributed by atoms with van der Waals surface area (Å²) in [6, 6.07) is 3.59. The van der Waals surface area contributed by atoms with Gasteiger partial charge in [-0.15, -0.1) is 5.10 Å². The Balaban J connectivity index is 1.79. The first-order valence-corrected chi connectivity index (χ1v) is 7.85. The highest BCUT2D eigenvalue weighted by atomic mass is 16.2. The van der Waals surface area contributed by atoms with Crippen LogP contribution >= 0.6 is 0 Å². The molecule has 0 aliphatic carbocycles. The Morgan fingerprint density at radius 1 is 1.35 bits per heavy atom. The number of amides is 1. The number of aryl methyl sites for hydroxylation is 2. The molecule has 2 aromatic heterocycles. The number of hydrogen-bond donors (Lipinski definition) is 1. The molecule has 1 atom stereocenters. The van der Waals surface area contributed by atoms with E-state index in [9.17, 15) is 4.79 Å². The molecule has 23 heavy (non-hydrogen) atoms. The fourth-order valence-electron chi connectivity index (χ4n) is 3.23. The minimum Gasteiger partial charge on any atom is -0.382 e. The van der Waals surface area contributed by atoms with Crippen LogP contribution in [0.1, 0.15) is 41.5 Å². The summed E-state index contributed by atoms with van der Waals surface area (Å²) in [5.41, 5.74) is 9.38. The van der Waals surface area contributed by atoms with Crippen LogP contribution in [0.15, 0.2) is 12.1 Å². The van der Waals surface area contributed by atoms with Gasteiger partial charge in [0.15, 0.2) is 0 Å². The molecule has 1 fully saturated rings. The van der Waals surface area contributed by atoms with Crippen LogP contribution in [0.2, 0.25) is 0 Å². The van der Waals surface area contributed by atoms with Crippen LogP contribution in [0.25, 0.3) is 0 Å². The molecule has 7 heteroatoms. The van der Waals surface area contributed by atoms with Gasteiger partial charge in [0.2, 0.25) is 5.91 Å². The zero-order valence-corrected chi connectivity index (χ0v) is 13.8. The van der Waals surface area contributed by atoms with Gasteiger partial charge in [-0.1, -0.05) is 0 Å². The van der Waals surface area contributed by atoms with Crippen molar-refractivity contribution < 1.29 is 4.79 Å². The number of hydrogen-bond acceptors (Lipinski definition) is 5. The Morgan fingerprint density at radius 3 is 2.74 bits per heavy atom. The summed E-state index contributed by atoms with van der Waals surface area (Å²) in [6.07, 6.45) is 2.27. The van der Waals surface area contributed by atoms with E-state index in [0.717, 1.165) is 42.0 Å². The van der Waals surface area contributed by atoms with E-state index < -0.39 is 0 Å². The van der Waals surface area contributed by atoms with Crippen LogP contribution in [0.3, 0.4) is 0 Å². The number of nitrogens with zero attached hydrogens (tertiary/aromatic N) is 5. The van der Waals surface area contributed by atoms with E-state index in [4.69, 9.17) is 5.73 Å². The molecule has 0 bridgehead atoms. The van der Waals surface area contributed by atoms with Crippen molar-refractivity contribution in [3.05, 3.63) is 34.8 Å². The van der Waals surface area contributed by atoms with Crippen molar-refractivity contribution in [3.8, 4) is 0 Å². The Bertz CT molecular complexity index is 721. The van der Waals surface area contributed by atoms with Gasteiger partial charge in [-0.25, -0.2) is 0 Å². The standard InChI is InChI=1S/C16H22N6O/c1-10-12(11(2)21(3)20-10)9-16(23)22-8-4-5-14(22)13-6-7-15(17)19-18-13/h6-7,14H,4-5,8-9H2,1-3H3,(H2,17,19). The smallest absolute Gasteiger partial charge is 0.227 e. The predicted octanol–water partition coefficient (Wildman–Crippen LogP) is 1.32. The van der Waals surface area contributed by atoms with E-state index in [0.29, 0.717) is 12.2 Å².